The maximum atomic E-state index is 5.57. The molecule has 1 aromatic carbocycles. The van der Waals surface area contributed by atoms with Gasteiger partial charge in [-0.1, -0.05) is 6.07 Å². The van der Waals surface area contributed by atoms with Gasteiger partial charge in [0.05, 0.1) is 20.3 Å². The third kappa shape index (κ3) is 9.32. The summed E-state index contributed by atoms with van der Waals surface area (Å²) in [5.41, 5.74) is 1.08. The van der Waals surface area contributed by atoms with E-state index in [1.807, 2.05) is 25.1 Å². The van der Waals surface area contributed by atoms with Crippen molar-refractivity contribution in [3.05, 3.63) is 23.8 Å². The molecule has 0 atom stereocenters. The van der Waals surface area contributed by atoms with Crippen LogP contribution in [0.15, 0.2) is 23.2 Å². The average Bonchev–Trinajstić information content (AvgIpc) is 2.63. The largest absolute Gasteiger partial charge is 0.493 e. The normalized spacial score (nSPS) is 11.6. The third-order valence-corrected chi connectivity index (χ3v) is 4.28. The lowest BCUT2D eigenvalue weighted by molar-refractivity contribution is 0.178. The predicted octanol–water partition coefficient (Wildman–Crippen LogP) is 3.89. The summed E-state index contributed by atoms with van der Waals surface area (Å²) in [6.07, 6.45) is 0. The minimum Gasteiger partial charge on any atom is -0.493 e. The van der Waals surface area contributed by atoms with Gasteiger partial charge in [-0.2, -0.15) is 0 Å². The molecule has 162 valence electrons. The van der Waals surface area contributed by atoms with Gasteiger partial charge in [0.15, 0.2) is 17.5 Å². The number of hydrogen-bond acceptors (Lipinski definition) is 4. The zero-order chi connectivity index (χ0) is 20.2. The minimum atomic E-state index is 0. The third-order valence-electron chi connectivity index (χ3n) is 4.28. The van der Waals surface area contributed by atoms with Crippen molar-refractivity contribution < 1.29 is 9.47 Å². The Morgan fingerprint density at radius 3 is 2.29 bits per heavy atom. The Morgan fingerprint density at radius 1 is 1.07 bits per heavy atom. The van der Waals surface area contributed by atoms with E-state index < -0.39 is 0 Å². The number of nitrogens with one attached hydrogen (secondary N) is 2. The lowest BCUT2D eigenvalue weighted by Gasteiger charge is -2.30. The van der Waals surface area contributed by atoms with Crippen LogP contribution in [-0.2, 0) is 6.54 Å². The fraction of sp³-hybridized carbons (Fsp3) is 0.667. The topological polar surface area (TPSA) is 58.1 Å². The van der Waals surface area contributed by atoms with E-state index in [1.54, 1.807) is 7.11 Å². The highest BCUT2D eigenvalue weighted by Crippen LogP contribution is 2.28. The van der Waals surface area contributed by atoms with Gasteiger partial charge in [0.1, 0.15) is 0 Å². The molecule has 28 heavy (non-hydrogen) atoms. The summed E-state index contributed by atoms with van der Waals surface area (Å²) < 4.78 is 11.0. The highest BCUT2D eigenvalue weighted by molar-refractivity contribution is 14.0. The van der Waals surface area contributed by atoms with Gasteiger partial charge in [-0.15, -0.1) is 24.0 Å². The van der Waals surface area contributed by atoms with Crippen LogP contribution >= 0.6 is 24.0 Å². The summed E-state index contributed by atoms with van der Waals surface area (Å²) in [4.78, 5) is 7.17. The smallest absolute Gasteiger partial charge is 0.191 e. The zero-order valence-electron chi connectivity index (χ0n) is 18.5. The van der Waals surface area contributed by atoms with E-state index in [1.165, 1.54) is 0 Å². The highest BCUT2D eigenvalue weighted by atomic mass is 127. The molecule has 0 heterocycles. The maximum Gasteiger partial charge on any atom is 0.191 e. The number of halogens is 1. The molecule has 1 aromatic rings. The molecule has 0 unspecified atom stereocenters. The molecule has 0 aliphatic carbocycles. The number of rotatable bonds is 11. The van der Waals surface area contributed by atoms with Gasteiger partial charge < -0.3 is 20.1 Å². The van der Waals surface area contributed by atoms with Crippen LogP contribution in [0, 0.1) is 0 Å². The number of aliphatic imine (C=N–C) groups is 1. The Bertz CT molecular complexity index is 572. The Balaban J connectivity index is 0.00000729. The Hall–Kier alpha value is -1.22. The molecule has 0 spiro atoms. The first kappa shape index (κ1) is 26.8. The van der Waals surface area contributed by atoms with E-state index in [-0.39, 0.29) is 24.0 Å². The van der Waals surface area contributed by atoms with Gasteiger partial charge in [-0.05, 0) is 59.2 Å². The summed E-state index contributed by atoms with van der Waals surface area (Å²) in [7, 11) is 1.66. The number of benzene rings is 1. The van der Waals surface area contributed by atoms with Crippen LogP contribution in [-0.4, -0.2) is 56.3 Å². The number of ether oxygens (including phenoxy) is 2. The van der Waals surface area contributed by atoms with Crippen molar-refractivity contribution in [2.24, 2.45) is 4.99 Å². The molecule has 7 heteroatoms. The second-order valence-corrected chi connectivity index (χ2v) is 6.97. The molecule has 0 bridgehead atoms. The molecule has 0 saturated carbocycles. The van der Waals surface area contributed by atoms with Crippen LogP contribution in [0.1, 0.15) is 47.1 Å². The van der Waals surface area contributed by atoms with E-state index in [0.29, 0.717) is 25.2 Å². The van der Waals surface area contributed by atoms with E-state index in [9.17, 15) is 0 Å². The van der Waals surface area contributed by atoms with E-state index in [4.69, 9.17) is 14.5 Å². The number of hydrogen-bond donors (Lipinski definition) is 2. The van der Waals surface area contributed by atoms with Crippen molar-refractivity contribution in [3.8, 4) is 11.5 Å². The van der Waals surface area contributed by atoms with Crippen LogP contribution < -0.4 is 20.1 Å². The molecule has 0 aliphatic heterocycles. The van der Waals surface area contributed by atoms with E-state index in [2.05, 4.69) is 50.2 Å². The summed E-state index contributed by atoms with van der Waals surface area (Å²) in [5.74, 6) is 2.34. The summed E-state index contributed by atoms with van der Waals surface area (Å²) in [6.45, 7) is 16.8. The molecule has 0 amide bonds. The first-order chi connectivity index (χ1) is 12.9. The number of guanidine groups is 1. The monoisotopic (exact) mass is 506 g/mol. The lowest BCUT2D eigenvalue weighted by Crippen LogP contribution is -2.45. The summed E-state index contributed by atoms with van der Waals surface area (Å²) in [6, 6.07) is 7.01. The van der Waals surface area contributed by atoms with Crippen LogP contribution in [0.4, 0.5) is 0 Å². The van der Waals surface area contributed by atoms with Gasteiger partial charge in [0.2, 0.25) is 0 Å². The minimum absolute atomic E-state index is 0. The molecule has 6 nitrogen and oxygen atoms in total. The van der Waals surface area contributed by atoms with Crippen LogP contribution in [0.25, 0.3) is 0 Å². The quantitative estimate of drug-likeness (QED) is 0.271. The van der Waals surface area contributed by atoms with E-state index in [0.717, 1.165) is 42.7 Å². The van der Waals surface area contributed by atoms with Gasteiger partial charge in [-0.25, -0.2) is 4.99 Å². The van der Waals surface area contributed by atoms with Crippen LogP contribution in [0.2, 0.25) is 0 Å². The molecule has 0 aliphatic rings. The molecule has 0 aromatic heterocycles. The first-order valence-corrected chi connectivity index (χ1v) is 10.00. The number of methoxy groups -OCH3 is 1. The van der Waals surface area contributed by atoms with Crippen molar-refractivity contribution >= 4 is 29.9 Å². The van der Waals surface area contributed by atoms with Crippen molar-refractivity contribution in [2.45, 2.75) is 60.2 Å². The fourth-order valence-electron chi connectivity index (χ4n) is 3.01. The van der Waals surface area contributed by atoms with Gasteiger partial charge >= 0.3 is 0 Å². The Morgan fingerprint density at radius 2 is 1.75 bits per heavy atom. The Labute approximate surface area is 188 Å². The SMILES string of the molecule is CCNC(=NCc1ccc(OCC)c(OC)c1)NCCN(C(C)C)C(C)C.I. The fourth-order valence-corrected chi connectivity index (χ4v) is 3.01. The molecular weight excluding hydrogens is 467 g/mol. The second-order valence-electron chi connectivity index (χ2n) is 6.97. The zero-order valence-corrected chi connectivity index (χ0v) is 20.9. The first-order valence-electron chi connectivity index (χ1n) is 10.00. The molecule has 2 N–H and O–H groups in total. The Kier molecular flexibility index (Phi) is 14.1. The van der Waals surface area contributed by atoms with Crippen molar-refractivity contribution in [3.63, 3.8) is 0 Å². The molecule has 0 fully saturated rings. The summed E-state index contributed by atoms with van der Waals surface area (Å²) >= 11 is 0. The van der Waals surface area contributed by atoms with Crippen LogP contribution in [0.5, 0.6) is 11.5 Å². The van der Waals surface area contributed by atoms with Crippen molar-refractivity contribution in [2.75, 3.05) is 33.4 Å². The average molecular weight is 506 g/mol. The lowest BCUT2D eigenvalue weighted by atomic mass is 10.2. The standard InChI is InChI=1S/C21H38N4O2.HI/c1-8-22-21(23-12-13-25(16(3)4)17(5)6)24-15-18-10-11-19(27-9-2)20(14-18)26-7;/h10-11,14,16-17H,8-9,12-13,15H2,1-7H3,(H2,22,23,24);1H. The molecule has 1 rings (SSSR count). The van der Waals surface area contributed by atoms with Crippen molar-refractivity contribution in [1.29, 1.82) is 0 Å². The molecule has 0 radical (unpaired) electrons. The van der Waals surface area contributed by atoms with Gasteiger partial charge in [0, 0.05) is 31.7 Å². The maximum absolute atomic E-state index is 5.57. The van der Waals surface area contributed by atoms with E-state index >= 15 is 0 Å². The highest BCUT2D eigenvalue weighted by Gasteiger charge is 2.12. The second kappa shape index (κ2) is 14.7. The number of nitrogens with zero attached hydrogens (tertiary/aromatic N) is 2. The predicted molar refractivity (Wildman–Crippen MR) is 129 cm³/mol. The summed E-state index contributed by atoms with van der Waals surface area (Å²) in [5, 5.41) is 6.74. The van der Waals surface area contributed by atoms with Crippen molar-refractivity contribution in [1.82, 2.24) is 15.5 Å². The molecule has 0 saturated heterocycles. The molecular formula is C21H39IN4O2. The van der Waals surface area contributed by atoms with Gasteiger partial charge in [0.25, 0.3) is 0 Å². The van der Waals surface area contributed by atoms with Gasteiger partial charge in [-0.3, -0.25) is 4.90 Å². The van der Waals surface area contributed by atoms with Crippen LogP contribution in [0.3, 0.4) is 0 Å².